The number of ketones is 1. The van der Waals surface area contributed by atoms with Crippen LogP contribution in [-0.4, -0.2) is 17.2 Å². The number of benzene rings is 2. The first-order valence-electron chi connectivity index (χ1n) is 7.74. The van der Waals surface area contributed by atoms with Crippen molar-refractivity contribution >= 4 is 17.9 Å². The Hall–Kier alpha value is -3.47. The molecule has 5 nitrogen and oxygen atoms in total. The van der Waals surface area contributed by atoms with Crippen LogP contribution in [0.15, 0.2) is 72.9 Å². The zero-order chi connectivity index (χ0) is 17.5. The number of rotatable bonds is 7. The quantitative estimate of drug-likeness (QED) is 0.531. The number of carbonyl (C=O) groups is 2. The SMILES string of the molecule is O=CNc1cc(C(=O)c2ccccn2)ccc1OCc1ccccc1. The van der Waals surface area contributed by atoms with Gasteiger partial charge in [-0.3, -0.25) is 14.6 Å². The summed E-state index contributed by atoms with van der Waals surface area (Å²) in [5.74, 6) is 0.276. The van der Waals surface area contributed by atoms with Crippen LogP contribution in [0.2, 0.25) is 0 Å². The van der Waals surface area contributed by atoms with Gasteiger partial charge in [0.2, 0.25) is 12.2 Å². The van der Waals surface area contributed by atoms with E-state index in [1.54, 1.807) is 42.6 Å². The molecule has 1 heterocycles. The number of hydrogen-bond donors (Lipinski definition) is 1. The molecule has 0 radical (unpaired) electrons. The fourth-order valence-electron chi connectivity index (χ4n) is 2.35. The molecule has 0 atom stereocenters. The first-order valence-corrected chi connectivity index (χ1v) is 7.74. The first kappa shape index (κ1) is 16.4. The normalized spacial score (nSPS) is 10.1. The molecule has 0 unspecified atom stereocenters. The molecule has 0 bridgehead atoms. The minimum atomic E-state index is -0.218. The van der Waals surface area contributed by atoms with Gasteiger partial charge >= 0.3 is 0 Å². The van der Waals surface area contributed by atoms with Crippen molar-refractivity contribution in [3.63, 3.8) is 0 Å². The Bertz CT molecular complexity index is 865. The summed E-state index contributed by atoms with van der Waals surface area (Å²) in [6, 6.07) is 19.8. The van der Waals surface area contributed by atoms with Gasteiger partial charge in [0, 0.05) is 11.8 Å². The predicted molar refractivity (Wildman–Crippen MR) is 94.6 cm³/mol. The third-order valence-corrected chi connectivity index (χ3v) is 3.59. The Morgan fingerprint density at radius 2 is 1.84 bits per heavy atom. The molecule has 0 fully saturated rings. The Balaban J connectivity index is 1.82. The highest BCUT2D eigenvalue weighted by atomic mass is 16.5. The highest BCUT2D eigenvalue weighted by Gasteiger charge is 2.13. The van der Waals surface area contributed by atoms with Crippen molar-refractivity contribution in [3.8, 4) is 5.75 Å². The number of anilines is 1. The summed E-state index contributed by atoms with van der Waals surface area (Å²) in [6.45, 7) is 0.363. The summed E-state index contributed by atoms with van der Waals surface area (Å²) in [5.41, 5.74) is 2.22. The second kappa shape index (κ2) is 7.88. The molecule has 0 aliphatic heterocycles. The maximum absolute atomic E-state index is 12.5. The van der Waals surface area contributed by atoms with Crippen molar-refractivity contribution in [2.24, 2.45) is 0 Å². The van der Waals surface area contributed by atoms with Crippen molar-refractivity contribution in [3.05, 3.63) is 89.7 Å². The van der Waals surface area contributed by atoms with Crippen LogP contribution in [0.3, 0.4) is 0 Å². The monoisotopic (exact) mass is 332 g/mol. The Morgan fingerprint density at radius 3 is 2.56 bits per heavy atom. The van der Waals surface area contributed by atoms with Crippen molar-refractivity contribution < 1.29 is 14.3 Å². The smallest absolute Gasteiger partial charge is 0.211 e. The number of amides is 1. The van der Waals surface area contributed by atoms with Crippen molar-refractivity contribution in [2.45, 2.75) is 6.61 Å². The third-order valence-electron chi connectivity index (χ3n) is 3.59. The standard InChI is InChI=1S/C20H16N2O3/c23-14-22-18-12-16(20(24)17-8-4-5-11-21-17)9-10-19(18)25-13-15-6-2-1-3-7-15/h1-12,14H,13H2,(H,22,23). The van der Waals surface area contributed by atoms with Gasteiger partial charge in [0.15, 0.2) is 0 Å². The number of aromatic nitrogens is 1. The molecule has 0 saturated heterocycles. The summed E-state index contributed by atoms with van der Waals surface area (Å²) in [6.07, 6.45) is 2.12. The fraction of sp³-hybridized carbons (Fsp3) is 0.0500. The maximum atomic E-state index is 12.5. The van der Waals surface area contributed by atoms with Crippen molar-refractivity contribution in [1.29, 1.82) is 0 Å². The number of pyridine rings is 1. The van der Waals surface area contributed by atoms with E-state index in [2.05, 4.69) is 10.3 Å². The summed E-state index contributed by atoms with van der Waals surface area (Å²) < 4.78 is 5.77. The lowest BCUT2D eigenvalue weighted by Gasteiger charge is -2.12. The van der Waals surface area contributed by atoms with Crippen LogP contribution in [0.25, 0.3) is 0 Å². The van der Waals surface area contributed by atoms with E-state index >= 15 is 0 Å². The Labute approximate surface area is 145 Å². The van der Waals surface area contributed by atoms with Gasteiger partial charge in [-0.05, 0) is 35.9 Å². The molecule has 0 aliphatic rings. The summed E-state index contributed by atoms with van der Waals surface area (Å²) in [5, 5.41) is 2.58. The molecule has 124 valence electrons. The van der Waals surface area contributed by atoms with Crippen LogP contribution < -0.4 is 10.1 Å². The first-order chi connectivity index (χ1) is 12.3. The highest BCUT2D eigenvalue weighted by Crippen LogP contribution is 2.27. The van der Waals surface area contributed by atoms with E-state index in [1.165, 1.54) is 0 Å². The number of nitrogens with one attached hydrogen (secondary N) is 1. The van der Waals surface area contributed by atoms with Gasteiger partial charge in [0.25, 0.3) is 0 Å². The van der Waals surface area contributed by atoms with Gasteiger partial charge in [-0.15, -0.1) is 0 Å². The number of carbonyl (C=O) groups excluding carboxylic acids is 2. The maximum Gasteiger partial charge on any atom is 0.211 e. The Kier molecular flexibility index (Phi) is 5.16. The van der Waals surface area contributed by atoms with Crippen molar-refractivity contribution in [2.75, 3.05) is 5.32 Å². The number of hydrogen-bond acceptors (Lipinski definition) is 4. The lowest BCUT2D eigenvalue weighted by molar-refractivity contribution is -0.105. The zero-order valence-electron chi connectivity index (χ0n) is 13.4. The third kappa shape index (κ3) is 4.09. The molecule has 25 heavy (non-hydrogen) atoms. The van der Waals surface area contributed by atoms with E-state index in [-0.39, 0.29) is 5.78 Å². The van der Waals surface area contributed by atoms with E-state index in [0.717, 1.165) is 5.56 Å². The van der Waals surface area contributed by atoms with Gasteiger partial charge in [0.1, 0.15) is 18.1 Å². The van der Waals surface area contributed by atoms with Gasteiger partial charge < -0.3 is 10.1 Å². The van der Waals surface area contributed by atoms with Gasteiger partial charge in [-0.25, -0.2) is 0 Å². The molecule has 3 rings (SSSR count). The lowest BCUT2D eigenvalue weighted by atomic mass is 10.1. The molecule has 0 spiro atoms. The van der Waals surface area contributed by atoms with Gasteiger partial charge in [-0.2, -0.15) is 0 Å². The van der Waals surface area contributed by atoms with Gasteiger partial charge in [0.05, 0.1) is 5.69 Å². The number of nitrogens with zero attached hydrogens (tertiary/aromatic N) is 1. The average Bonchev–Trinajstić information content (AvgIpc) is 2.68. The Morgan fingerprint density at radius 1 is 1.04 bits per heavy atom. The van der Waals surface area contributed by atoms with Crippen LogP contribution in [0.5, 0.6) is 5.75 Å². The molecule has 0 saturated carbocycles. The molecule has 0 aliphatic carbocycles. The fourth-order valence-corrected chi connectivity index (χ4v) is 2.35. The lowest BCUT2D eigenvalue weighted by Crippen LogP contribution is -2.06. The summed E-state index contributed by atoms with van der Waals surface area (Å²) >= 11 is 0. The number of ether oxygens (including phenoxy) is 1. The van der Waals surface area contributed by atoms with Crippen LogP contribution >= 0.6 is 0 Å². The van der Waals surface area contributed by atoms with E-state index in [0.29, 0.717) is 35.7 Å². The molecule has 1 amide bonds. The largest absolute Gasteiger partial charge is 0.487 e. The van der Waals surface area contributed by atoms with E-state index < -0.39 is 0 Å². The van der Waals surface area contributed by atoms with E-state index in [1.807, 2.05) is 30.3 Å². The van der Waals surface area contributed by atoms with E-state index in [9.17, 15) is 9.59 Å². The molecule has 2 aromatic carbocycles. The van der Waals surface area contributed by atoms with Crippen LogP contribution in [0.4, 0.5) is 5.69 Å². The van der Waals surface area contributed by atoms with Crippen molar-refractivity contribution in [1.82, 2.24) is 4.98 Å². The minimum Gasteiger partial charge on any atom is -0.487 e. The molecule has 1 N–H and O–H groups in total. The van der Waals surface area contributed by atoms with Crippen LogP contribution in [-0.2, 0) is 11.4 Å². The molecule has 1 aromatic heterocycles. The molecule has 3 aromatic rings. The molecular weight excluding hydrogens is 316 g/mol. The van der Waals surface area contributed by atoms with E-state index in [4.69, 9.17) is 4.74 Å². The topological polar surface area (TPSA) is 68.3 Å². The van der Waals surface area contributed by atoms with Gasteiger partial charge in [-0.1, -0.05) is 36.4 Å². The van der Waals surface area contributed by atoms with Crippen LogP contribution in [0, 0.1) is 0 Å². The van der Waals surface area contributed by atoms with Crippen LogP contribution in [0.1, 0.15) is 21.6 Å². The summed E-state index contributed by atoms with van der Waals surface area (Å²) in [4.78, 5) is 27.4. The second-order valence-electron chi connectivity index (χ2n) is 5.29. The predicted octanol–water partition coefficient (Wildman–Crippen LogP) is 3.46. The zero-order valence-corrected chi connectivity index (χ0v) is 13.4. The minimum absolute atomic E-state index is 0.218. The summed E-state index contributed by atoms with van der Waals surface area (Å²) in [7, 11) is 0. The second-order valence-corrected chi connectivity index (χ2v) is 5.29. The average molecular weight is 332 g/mol. The molecule has 5 heteroatoms. The molecular formula is C20H16N2O3. The highest BCUT2D eigenvalue weighted by molar-refractivity contribution is 6.08.